The quantitative estimate of drug-likeness (QED) is 0.656. The van der Waals surface area contributed by atoms with Crippen molar-refractivity contribution in [2.24, 2.45) is 7.05 Å². The summed E-state index contributed by atoms with van der Waals surface area (Å²) in [5.74, 6) is 0. The smallest absolute Gasteiger partial charge is 0.283 e. The molecule has 0 radical (unpaired) electrons. The van der Waals surface area contributed by atoms with Crippen LogP contribution in [0, 0.1) is 6.92 Å². The van der Waals surface area contributed by atoms with Gasteiger partial charge in [0.2, 0.25) is 0 Å². The Bertz CT molecular complexity index is 1180. The van der Waals surface area contributed by atoms with Gasteiger partial charge in [-0.05, 0) is 42.2 Å². The first-order valence-corrected chi connectivity index (χ1v) is 10.8. The van der Waals surface area contributed by atoms with Crippen molar-refractivity contribution >= 4 is 15.7 Å². The normalized spacial score (nSPS) is 12.2. The lowest BCUT2D eigenvalue weighted by atomic mass is 9.87. The molecular weight excluding hydrogens is 386 g/mol. The molecule has 0 aliphatic rings. The molecule has 0 bridgehead atoms. The molecule has 0 unspecified atom stereocenters. The molecule has 6 nitrogen and oxygen atoms in total. The lowest BCUT2D eigenvalue weighted by Gasteiger charge is -2.21. The monoisotopic (exact) mass is 413 g/mol. The van der Waals surface area contributed by atoms with Crippen molar-refractivity contribution in [3.8, 4) is 5.69 Å². The van der Waals surface area contributed by atoms with Gasteiger partial charge in [0.1, 0.15) is 5.69 Å². The van der Waals surface area contributed by atoms with Gasteiger partial charge in [-0.25, -0.2) is 13.1 Å². The second kappa shape index (κ2) is 7.22. The Morgan fingerprint density at radius 2 is 1.48 bits per heavy atom. The summed E-state index contributed by atoms with van der Waals surface area (Å²) in [6.45, 7) is 7.96. The van der Waals surface area contributed by atoms with Crippen molar-refractivity contribution in [2.75, 3.05) is 11.4 Å². The largest absolute Gasteiger partial charge is 0.296 e. The van der Waals surface area contributed by atoms with Gasteiger partial charge in [-0.3, -0.25) is 13.8 Å². The first-order valence-electron chi connectivity index (χ1n) is 9.40. The van der Waals surface area contributed by atoms with Crippen LogP contribution in [-0.2, 0) is 22.5 Å². The van der Waals surface area contributed by atoms with Crippen molar-refractivity contribution in [3.05, 3.63) is 76.2 Å². The third-order valence-corrected chi connectivity index (χ3v) is 6.99. The molecule has 0 aliphatic carbocycles. The standard InChI is InChI=1S/C22H27N3O3S/c1-16-20(21(26)25(23(16)5)18-10-8-7-9-11-18)24(6)29(27,28)19-14-12-17(13-15-19)22(2,3)4/h7-15H,1-6H3. The average Bonchev–Trinajstić information content (AvgIpc) is 2.90. The van der Waals surface area contributed by atoms with E-state index in [2.05, 4.69) is 20.8 Å². The Morgan fingerprint density at radius 1 is 0.931 bits per heavy atom. The minimum atomic E-state index is -3.88. The predicted molar refractivity (Wildman–Crippen MR) is 116 cm³/mol. The van der Waals surface area contributed by atoms with Crippen LogP contribution < -0.4 is 9.86 Å². The molecule has 0 spiro atoms. The fraction of sp³-hybridized carbons (Fsp3) is 0.318. The second-order valence-corrected chi connectivity index (χ2v) is 10.1. The fourth-order valence-corrected chi connectivity index (χ4v) is 4.57. The average molecular weight is 414 g/mol. The zero-order valence-electron chi connectivity index (χ0n) is 17.7. The Labute approximate surface area is 172 Å². The number of aromatic nitrogens is 2. The number of para-hydroxylation sites is 1. The number of nitrogens with zero attached hydrogens (tertiary/aromatic N) is 3. The van der Waals surface area contributed by atoms with E-state index >= 15 is 0 Å². The molecule has 3 aromatic rings. The van der Waals surface area contributed by atoms with Gasteiger partial charge in [-0.2, -0.15) is 0 Å². The molecule has 154 valence electrons. The van der Waals surface area contributed by atoms with Crippen LogP contribution in [-0.4, -0.2) is 24.8 Å². The van der Waals surface area contributed by atoms with E-state index < -0.39 is 10.0 Å². The molecule has 0 atom stereocenters. The molecule has 0 saturated carbocycles. The molecule has 0 amide bonds. The summed E-state index contributed by atoms with van der Waals surface area (Å²) in [6.07, 6.45) is 0. The maximum absolute atomic E-state index is 13.2. The van der Waals surface area contributed by atoms with E-state index in [1.165, 1.54) is 11.7 Å². The minimum absolute atomic E-state index is 0.0758. The highest BCUT2D eigenvalue weighted by Gasteiger charge is 2.29. The van der Waals surface area contributed by atoms with Crippen LogP contribution in [0.25, 0.3) is 5.69 Å². The lowest BCUT2D eigenvalue weighted by Crippen LogP contribution is -2.31. The van der Waals surface area contributed by atoms with Crippen LogP contribution in [0.4, 0.5) is 5.69 Å². The first-order chi connectivity index (χ1) is 13.5. The molecule has 3 rings (SSSR count). The van der Waals surface area contributed by atoms with Crippen LogP contribution in [0.15, 0.2) is 64.3 Å². The van der Waals surface area contributed by atoms with Crippen LogP contribution in [0.3, 0.4) is 0 Å². The van der Waals surface area contributed by atoms with Crippen molar-refractivity contribution in [1.29, 1.82) is 0 Å². The molecule has 0 saturated heterocycles. The number of hydrogen-bond acceptors (Lipinski definition) is 3. The van der Waals surface area contributed by atoms with Gasteiger partial charge in [0, 0.05) is 14.1 Å². The van der Waals surface area contributed by atoms with Crippen molar-refractivity contribution in [2.45, 2.75) is 38.0 Å². The van der Waals surface area contributed by atoms with Crippen LogP contribution in [0.5, 0.6) is 0 Å². The Kier molecular flexibility index (Phi) is 5.21. The lowest BCUT2D eigenvalue weighted by molar-refractivity contribution is 0.585. The molecular formula is C22H27N3O3S. The number of rotatable bonds is 4. The van der Waals surface area contributed by atoms with Gasteiger partial charge < -0.3 is 0 Å². The molecule has 2 aromatic carbocycles. The predicted octanol–water partition coefficient (Wildman–Crippen LogP) is 3.61. The summed E-state index contributed by atoms with van der Waals surface area (Å²) in [7, 11) is -0.714. The molecule has 29 heavy (non-hydrogen) atoms. The van der Waals surface area contributed by atoms with E-state index in [1.807, 2.05) is 42.5 Å². The first kappa shape index (κ1) is 20.9. The summed E-state index contributed by atoms with van der Waals surface area (Å²) in [4.78, 5) is 13.3. The van der Waals surface area contributed by atoms with E-state index in [1.54, 1.807) is 30.8 Å². The Morgan fingerprint density at radius 3 is 2.00 bits per heavy atom. The SMILES string of the molecule is Cc1c(N(C)S(=O)(=O)c2ccc(C(C)(C)C)cc2)c(=O)n(-c2ccccc2)n1C. The summed E-state index contributed by atoms with van der Waals surface area (Å²) < 4.78 is 30.7. The summed E-state index contributed by atoms with van der Waals surface area (Å²) in [5.41, 5.74) is 1.96. The van der Waals surface area contributed by atoms with Crippen molar-refractivity contribution < 1.29 is 8.42 Å². The molecule has 1 aromatic heterocycles. The van der Waals surface area contributed by atoms with Crippen LogP contribution in [0.1, 0.15) is 32.0 Å². The third-order valence-electron chi connectivity index (χ3n) is 5.22. The van der Waals surface area contributed by atoms with E-state index in [0.717, 1.165) is 9.87 Å². The second-order valence-electron chi connectivity index (χ2n) is 8.16. The van der Waals surface area contributed by atoms with Gasteiger partial charge in [0.25, 0.3) is 15.6 Å². The highest BCUT2D eigenvalue weighted by molar-refractivity contribution is 7.92. The van der Waals surface area contributed by atoms with Crippen LogP contribution in [0.2, 0.25) is 0 Å². The Hall–Kier alpha value is -2.80. The maximum Gasteiger partial charge on any atom is 0.296 e. The van der Waals surface area contributed by atoms with E-state index in [-0.39, 0.29) is 21.6 Å². The minimum Gasteiger partial charge on any atom is -0.283 e. The fourth-order valence-electron chi connectivity index (χ4n) is 3.32. The van der Waals surface area contributed by atoms with E-state index in [0.29, 0.717) is 11.4 Å². The third kappa shape index (κ3) is 3.62. The maximum atomic E-state index is 13.2. The molecule has 0 fully saturated rings. The number of anilines is 1. The van der Waals surface area contributed by atoms with Gasteiger partial charge in [-0.15, -0.1) is 0 Å². The molecule has 1 heterocycles. The molecule has 7 heteroatoms. The number of benzene rings is 2. The summed E-state index contributed by atoms with van der Waals surface area (Å²) >= 11 is 0. The summed E-state index contributed by atoms with van der Waals surface area (Å²) in [5, 5.41) is 0. The zero-order chi connectivity index (χ0) is 21.6. The van der Waals surface area contributed by atoms with Crippen LogP contribution >= 0.6 is 0 Å². The topological polar surface area (TPSA) is 64.3 Å². The molecule has 0 aliphatic heterocycles. The highest BCUT2D eigenvalue weighted by atomic mass is 32.2. The Balaban J connectivity index is 2.09. The highest BCUT2D eigenvalue weighted by Crippen LogP contribution is 2.27. The van der Waals surface area contributed by atoms with Crippen molar-refractivity contribution in [3.63, 3.8) is 0 Å². The van der Waals surface area contributed by atoms with Gasteiger partial charge in [0.15, 0.2) is 0 Å². The van der Waals surface area contributed by atoms with Crippen molar-refractivity contribution in [1.82, 2.24) is 9.36 Å². The number of sulfonamides is 1. The van der Waals surface area contributed by atoms with Gasteiger partial charge >= 0.3 is 0 Å². The van der Waals surface area contributed by atoms with E-state index in [4.69, 9.17) is 0 Å². The van der Waals surface area contributed by atoms with Gasteiger partial charge in [-0.1, -0.05) is 51.1 Å². The summed E-state index contributed by atoms with van der Waals surface area (Å²) in [6, 6.07) is 16.0. The van der Waals surface area contributed by atoms with Gasteiger partial charge in [0.05, 0.1) is 16.3 Å². The number of hydrogen-bond donors (Lipinski definition) is 0. The zero-order valence-corrected chi connectivity index (χ0v) is 18.5. The molecule has 0 N–H and O–H groups in total. The van der Waals surface area contributed by atoms with E-state index in [9.17, 15) is 13.2 Å².